The van der Waals surface area contributed by atoms with E-state index in [4.69, 9.17) is 4.74 Å². The number of hydrogen-bond acceptors (Lipinski definition) is 4. The second-order valence-electron chi connectivity index (χ2n) is 7.35. The van der Waals surface area contributed by atoms with Crippen molar-refractivity contribution in [3.05, 3.63) is 60.0 Å². The Hall–Kier alpha value is -2.36. The van der Waals surface area contributed by atoms with Crippen LogP contribution in [0.5, 0.6) is 5.75 Å². The Balaban J connectivity index is 0.00000256. The van der Waals surface area contributed by atoms with Crippen molar-refractivity contribution in [1.29, 1.82) is 0 Å². The number of pyridine rings is 1. The highest BCUT2D eigenvalue weighted by Gasteiger charge is 2.14. The van der Waals surface area contributed by atoms with Crippen LogP contribution in [0.3, 0.4) is 0 Å². The van der Waals surface area contributed by atoms with Gasteiger partial charge in [-0.15, -0.1) is 34.2 Å². The van der Waals surface area contributed by atoms with Gasteiger partial charge in [0, 0.05) is 19.8 Å². The molecule has 160 valence electrons. The number of ether oxygens (including phenoxy) is 1. The Labute approximate surface area is 194 Å². The van der Waals surface area contributed by atoms with Gasteiger partial charge in [0.2, 0.25) is 0 Å². The van der Waals surface area contributed by atoms with Crippen molar-refractivity contribution < 1.29 is 4.74 Å². The predicted molar refractivity (Wildman–Crippen MR) is 129 cm³/mol. The van der Waals surface area contributed by atoms with E-state index in [-0.39, 0.29) is 24.0 Å². The van der Waals surface area contributed by atoms with E-state index in [0.29, 0.717) is 19.2 Å². The average Bonchev–Trinajstić information content (AvgIpc) is 3.19. The molecule has 0 bridgehead atoms. The highest BCUT2D eigenvalue weighted by Crippen LogP contribution is 2.23. The number of hydrogen-bond donors (Lipinski definition) is 2. The van der Waals surface area contributed by atoms with Crippen LogP contribution in [0.25, 0.3) is 5.65 Å². The zero-order chi connectivity index (χ0) is 19.9. The first-order valence-electron chi connectivity index (χ1n) is 10.3. The first kappa shape index (κ1) is 22.3. The highest BCUT2D eigenvalue weighted by molar-refractivity contribution is 14.0. The number of fused-ring (bicyclic) bond motifs is 1. The zero-order valence-electron chi connectivity index (χ0n) is 17.3. The molecule has 2 N–H and O–H groups in total. The minimum atomic E-state index is 0. The summed E-state index contributed by atoms with van der Waals surface area (Å²) >= 11 is 0. The number of halogens is 1. The normalized spacial score (nSPS) is 14.9. The summed E-state index contributed by atoms with van der Waals surface area (Å²) in [6.45, 7) is 1.23. The second-order valence-corrected chi connectivity index (χ2v) is 7.35. The molecule has 0 spiro atoms. The van der Waals surface area contributed by atoms with Crippen LogP contribution in [0.4, 0.5) is 0 Å². The highest BCUT2D eigenvalue weighted by atomic mass is 127. The Morgan fingerprint density at radius 1 is 1.03 bits per heavy atom. The van der Waals surface area contributed by atoms with Crippen molar-refractivity contribution in [3.63, 3.8) is 0 Å². The Bertz CT molecular complexity index is 950. The molecular weight excluding hydrogens is 491 g/mol. The molecular formula is C22H29IN6O. The van der Waals surface area contributed by atoms with Crippen LogP contribution >= 0.6 is 24.0 Å². The topological polar surface area (TPSA) is 75.8 Å². The number of rotatable bonds is 6. The van der Waals surface area contributed by atoms with Crippen LogP contribution in [0, 0.1) is 0 Å². The lowest BCUT2D eigenvalue weighted by Crippen LogP contribution is -2.36. The van der Waals surface area contributed by atoms with E-state index < -0.39 is 0 Å². The molecule has 1 aromatic carbocycles. The van der Waals surface area contributed by atoms with Crippen molar-refractivity contribution in [2.45, 2.75) is 51.3 Å². The zero-order valence-corrected chi connectivity index (χ0v) is 19.6. The smallest absolute Gasteiger partial charge is 0.191 e. The molecule has 4 rings (SSSR count). The van der Waals surface area contributed by atoms with E-state index in [0.717, 1.165) is 23.2 Å². The lowest BCUT2D eigenvalue weighted by atomic mass is 9.98. The average molecular weight is 520 g/mol. The number of guanidine groups is 1. The van der Waals surface area contributed by atoms with E-state index in [2.05, 4.69) is 50.1 Å². The third-order valence-corrected chi connectivity index (χ3v) is 5.26. The summed E-state index contributed by atoms with van der Waals surface area (Å²) in [6.07, 6.45) is 8.59. The molecule has 0 atom stereocenters. The molecule has 2 heterocycles. The lowest BCUT2D eigenvalue weighted by Gasteiger charge is -2.23. The quantitative estimate of drug-likeness (QED) is 0.293. The fourth-order valence-electron chi connectivity index (χ4n) is 3.64. The molecule has 0 aliphatic heterocycles. The molecule has 2 aromatic heterocycles. The maximum Gasteiger partial charge on any atom is 0.191 e. The molecule has 7 nitrogen and oxygen atoms in total. The largest absolute Gasteiger partial charge is 0.490 e. The van der Waals surface area contributed by atoms with Crippen molar-refractivity contribution in [1.82, 2.24) is 25.2 Å². The van der Waals surface area contributed by atoms with Crippen molar-refractivity contribution in [2.75, 3.05) is 7.05 Å². The number of aliphatic imine (C=N–C) groups is 1. The third-order valence-electron chi connectivity index (χ3n) is 5.26. The van der Waals surface area contributed by atoms with Gasteiger partial charge in [-0.25, -0.2) is 0 Å². The van der Waals surface area contributed by atoms with Gasteiger partial charge >= 0.3 is 0 Å². The second kappa shape index (κ2) is 11.1. The maximum atomic E-state index is 6.10. The Morgan fingerprint density at radius 2 is 1.80 bits per heavy atom. The first-order chi connectivity index (χ1) is 14.3. The van der Waals surface area contributed by atoms with E-state index >= 15 is 0 Å². The van der Waals surface area contributed by atoms with Crippen molar-refractivity contribution in [2.24, 2.45) is 4.99 Å². The SMILES string of the molecule is CN=C(NCc1ccc(OC2CCCCC2)cc1)NCc1nnc2ccccn12.I. The molecule has 1 fully saturated rings. The summed E-state index contributed by atoms with van der Waals surface area (Å²) in [7, 11) is 1.76. The van der Waals surface area contributed by atoms with Crippen LogP contribution in [-0.4, -0.2) is 33.7 Å². The number of benzene rings is 1. The molecule has 0 amide bonds. The van der Waals surface area contributed by atoms with Crippen LogP contribution in [0.2, 0.25) is 0 Å². The monoisotopic (exact) mass is 520 g/mol. The Morgan fingerprint density at radius 3 is 2.57 bits per heavy atom. The van der Waals surface area contributed by atoms with E-state index in [9.17, 15) is 0 Å². The fraction of sp³-hybridized carbons (Fsp3) is 0.409. The van der Waals surface area contributed by atoms with Crippen LogP contribution in [-0.2, 0) is 13.1 Å². The predicted octanol–water partition coefficient (Wildman–Crippen LogP) is 3.92. The number of nitrogens with zero attached hydrogens (tertiary/aromatic N) is 4. The van der Waals surface area contributed by atoms with Gasteiger partial charge in [-0.2, -0.15) is 0 Å². The minimum absolute atomic E-state index is 0. The van der Waals surface area contributed by atoms with Crippen molar-refractivity contribution >= 4 is 35.6 Å². The summed E-state index contributed by atoms with van der Waals surface area (Å²) in [5.41, 5.74) is 2.01. The molecule has 1 aliphatic rings. The molecule has 0 radical (unpaired) electrons. The third kappa shape index (κ3) is 5.84. The summed E-state index contributed by atoms with van der Waals surface area (Å²) < 4.78 is 8.06. The van der Waals surface area contributed by atoms with Gasteiger partial charge in [0.15, 0.2) is 17.4 Å². The van der Waals surface area contributed by atoms with Crippen LogP contribution in [0.15, 0.2) is 53.7 Å². The van der Waals surface area contributed by atoms with Gasteiger partial charge in [0.25, 0.3) is 0 Å². The fourth-order valence-corrected chi connectivity index (χ4v) is 3.64. The number of aromatic nitrogens is 3. The molecule has 3 aromatic rings. The summed E-state index contributed by atoms with van der Waals surface area (Å²) in [5, 5.41) is 15.0. The maximum absolute atomic E-state index is 6.10. The van der Waals surface area contributed by atoms with E-state index in [1.807, 2.05) is 28.8 Å². The molecule has 0 saturated heterocycles. The van der Waals surface area contributed by atoms with Gasteiger partial charge in [-0.05, 0) is 55.5 Å². The Kier molecular flexibility index (Phi) is 8.30. The molecule has 8 heteroatoms. The van der Waals surface area contributed by atoms with Gasteiger partial charge in [0.1, 0.15) is 5.75 Å². The standard InChI is InChI=1S/C22H28N6O.HI/c1-23-22(25-16-21-27-26-20-9-5-6-14-28(20)21)24-15-17-10-12-19(13-11-17)29-18-7-3-2-4-8-18;/h5-6,9-14,18H,2-4,7-8,15-16H2,1H3,(H2,23,24,25);1H. The summed E-state index contributed by atoms with van der Waals surface area (Å²) in [4.78, 5) is 4.29. The summed E-state index contributed by atoms with van der Waals surface area (Å²) in [6, 6.07) is 14.2. The summed E-state index contributed by atoms with van der Waals surface area (Å²) in [5.74, 6) is 2.52. The molecule has 1 saturated carbocycles. The molecule has 1 aliphatic carbocycles. The van der Waals surface area contributed by atoms with Gasteiger partial charge in [-0.3, -0.25) is 9.39 Å². The molecule has 30 heavy (non-hydrogen) atoms. The molecule has 0 unspecified atom stereocenters. The van der Waals surface area contributed by atoms with E-state index in [1.54, 1.807) is 7.05 Å². The number of nitrogens with one attached hydrogen (secondary N) is 2. The van der Waals surface area contributed by atoms with Crippen LogP contribution < -0.4 is 15.4 Å². The van der Waals surface area contributed by atoms with Gasteiger partial charge in [-0.1, -0.05) is 24.6 Å². The van der Waals surface area contributed by atoms with Crippen LogP contribution in [0.1, 0.15) is 43.5 Å². The van der Waals surface area contributed by atoms with Gasteiger partial charge < -0.3 is 15.4 Å². The minimum Gasteiger partial charge on any atom is -0.490 e. The van der Waals surface area contributed by atoms with Crippen molar-refractivity contribution in [3.8, 4) is 5.75 Å². The lowest BCUT2D eigenvalue weighted by molar-refractivity contribution is 0.155. The first-order valence-corrected chi connectivity index (χ1v) is 10.3. The van der Waals surface area contributed by atoms with E-state index in [1.165, 1.54) is 37.7 Å². The van der Waals surface area contributed by atoms with Gasteiger partial charge in [0.05, 0.1) is 12.6 Å².